The highest BCUT2D eigenvalue weighted by Gasteiger charge is 2.31. The Balaban J connectivity index is 2.21. The zero-order chi connectivity index (χ0) is 15.3. The molecule has 0 saturated carbocycles. The molecule has 116 valence electrons. The summed E-state index contributed by atoms with van der Waals surface area (Å²) in [6.07, 6.45) is -0.392. The number of nitrogens with zero attached hydrogens (tertiary/aromatic N) is 1. The molecule has 4 atom stereocenters. The third kappa shape index (κ3) is 4.43. The lowest BCUT2D eigenvalue weighted by Crippen LogP contribution is -2.40. The van der Waals surface area contributed by atoms with E-state index in [1.54, 1.807) is 0 Å². The maximum atomic E-state index is 11.3. The van der Waals surface area contributed by atoms with Crippen LogP contribution in [0.5, 0.6) is 0 Å². The molecule has 3 N–H and O–H groups in total. The van der Waals surface area contributed by atoms with Gasteiger partial charge in [-0.15, -0.1) is 0 Å². The predicted molar refractivity (Wildman–Crippen MR) is 70.1 cm³/mol. The number of hydrogen-bond donors (Lipinski definition) is 3. The van der Waals surface area contributed by atoms with E-state index in [-0.39, 0.29) is 6.61 Å². The van der Waals surface area contributed by atoms with Crippen LogP contribution >= 0.6 is 0 Å². The third-order valence-electron chi connectivity index (χ3n) is 3.91. The number of aliphatic hydroxyl groups excluding tert-OH is 2. The molecule has 1 fully saturated rings. The molecule has 1 aliphatic heterocycles. The van der Waals surface area contributed by atoms with Gasteiger partial charge in [-0.25, -0.2) is 9.59 Å². The molecule has 0 bridgehead atoms. The highest BCUT2D eigenvalue weighted by molar-refractivity contribution is 5.84. The lowest BCUT2D eigenvalue weighted by atomic mass is 10.1. The molecule has 1 saturated heterocycles. The summed E-state index contributed by atoms with van der Waals surface area (Å²) in [6.45, 7) is 2.28. The minimum atomic E-state index is -2.15. The summed E-state index contributed by atoms with van der Waals surface area (Å²) in [6, 6.07) is 1.04. The zero-order valence-electron chi connectivity index (χ0n) is 11.9. The van der Waals surface area contributed by atoms with Crippen LogP contribution in [0.1, 0.15) is 32.6 Å². The van der Waals surface area contributed by atoms with E-state index in [0.29, 0.717) is 18.5 Å². The van der Waals surface area contributed by atoms with Crippen molar-refractivity contribution in [2.24, 2.45) is 0 Å². The van der Waals surface area contributed by atoms with Crippen molar-refractivity contribution in [3.8, 4) is 0 Å². The number of likely N-dealkylation sites (tertiary alicyclic amines) is 1. The highest BCUT2D eigenvalue weighted by atomic mass is 16.5. The molecule has 1 aliphatic rings. The Morgan fingerprint density at radius 3 is 2.45 bits per heavy atom. The molecule has 0 aromatic heterocycles. The summed E-state index contributed by atoms with van der Waals surface area (Å²) < 4.78 is 4.77. The van der Waals surface area contributed by atoms with Gasteiger partial charge in [0.1, 0.15) is 0 Å². The van der Waals surface area contributed by atoms with Crippen LogP contribution in [-0.2, 0) is 14.3 Å². The number of carbonyl (C=O) groups is 2. The van der Waals surface area contributed by atoms with E-state index in [1.165, 1.54) is 0 Å². The molecule has 2 unspecified atom stereocenters. The maximum absolute atomic E-state index is 11.3. The van der Waals surface area contributed by atoms with Gasteiger partial charge in [-0.3, -0.25) is 0 Å². The first kappa shape index (κ1) is 16.9. The van der Waals surface area contributed by atoms with Crippen LogP contribution in [0.4, 0.5) is 0 Å². The Bertz CT molecular complexity index is 348. The molecule has 1 heterocycles. The summed E-state index contributed by atoms with van der Waals surface area (Å²) in [5.41, 5.74) is 0. The molecule has 20 heavy (non-hydrogen) atoms. The molecule has 0 aromatic rings. The van der Waals surface area contributed by atoms with Gasteiger partial charge < -0.3 is 25.0 Å². The van der Waals surface area contributed by atoms with Gasteiger partial charge in [-0.1, -0.05) is 0 Å². The number of aliphatic carboxylic acids is 1. The second kappa shape index (κ2) is 7.56. The molecule has 7 heteroatoms. The first-order chi connectivity index (χ1) is 9.34. The molecule has 0 spiro atoms. The Hall–Kier alpha value is -1.18. The fraction of sp³-hybridized carbons (Fsp3) is 0.846. The van der Waals surface area contributed by atoms with Crippen molar-refractivity contribution in [2.75, 3.05) is 13.7 Å². The summed E-state index contributed by atoms with van der Waals surface area (Å²) >= 11 is 0. The predicted octanol–water partition coefficient (Wildman–Crippen LogP) is -0.401. The van der Waals surface area contributed by atoms with Gasteiger partial charge in [0.25, 0.3) is 0 Å². The molecule has 7 nitrogen and oxygen atoms in total. The molecular formula is C13H23NO6. The monoisotopic (exact) mass is 289 g/mol. The van der Waals surface area contributed by atoms with E-state index in [0.717, 1.165) is 19.3 Å². The molecule has 0 aromatic carbocycles. The average Bonchev–Trinajstić information content (AvgIpc) is 2.73. The Morgan fingerprint density at radius 1 is 1.30 bits per heavy atom. The van der Waals surface area contributed by atoms with E-state index in [9.17, 15) is 14.7 Å². The minimum absolute atomic E-state index is 0.112. The topological polar surface area (TPSA) is 107 Å². The lowest BCUT2D eigenvalue weighted by Gasteiger charge is -2.23. The number of carboxylic acid groups (broad SMARTS) is 1. The number of carboxylic acids is 1. The van der Waals surface area contributed by atoms with Gasteiger partial charge in [-0.2, -0.15) is 0 Å². The standard InChI is InChI=1S/C13H23NO6/c1-8-5-6-9(14(8)2)4-3-7-20-13(19)11(16)10(15)12(17)18/h8-11,15-16H,3-7H2,1-2H3,(H,17,18)/t8-,9+,10?,11?/m1/s1. The Kier molecular flexibility index (Phi) is 6.38. The summed E-state index contributed by atoms with van der Waals surface area (Å²) in [5.74, 6) is -2.76. The van der Waals surface area contributed by atoms with Crippen LogP contribution in [-0.4, -0.2) is 70.1 Å². The van der Waals surface area contributed by atoms with Crippen molar-refractivity contribution in [2.45, 2.75) is 56.9 Å². The van der Waals surface area contributed by atoms with E-state index in [1.807, 2.05) is 0 Å². The number of hydrogen-bond acceptors (Lipinski definition) is 6. The van der Waals surface area contributed by atoms with E-state index in [2.05, 4.69) is 18.9 Å². The van der Waals surface area contributed by atoms with E-state index < -0.39 is 24.1 Å². The van der Waals surface area contributed by atoms with Gasteiger partial charge in [0, 0.05) is 12.1 Å². The highest BCUT2D eigenvalue weighted by Crippen LogP contribution is 2.24. The van der Waals surface area contributed by atoms with Crippen LogP contribution in [0.2, 0.25) is 0 Å². The second-order valence-electron chi connectivity index (χ2n) is 5.28. The summed E-state index contributed by atoms with van der Waals surface area (Å²) in [7, 11) is 2.07. The van der Waals surface area contributed by atoms with Crippen LogP contribution in [0.3, 0.4) is 0 Å². The Morgan fingerprint density at radius 2 is 1.95 bits per heavy atom. The maximum Gasteiger partial charge on any atom is 0.338 e. The lowest BCUT2D eigenvalue weighted by molar-refractivity contribution is -0.169. The number of carbonyl (C=O) groups excluding carboxylic acids is 1. The van der Waals surface area contributed by atoms with E-state index >= 15 is 0 Å². The number of ether oxygens (including phenoxy) is 1. The summed E-state index contributed by atoms with van der Waals surface area (Å²) in [5, 5.41) is 26.7. The summed E-state index contributed by atoms with van der Waals surface area (Å²) in [4.78, 5) is 24.0. The minimum Gasteiger partial charge on any atom is -0.479 e. The van der Waals surface area contributed by atoms with Gasteiger partial charge in [0.05, 0.1) is 6.61 Å². The van der Waals surface area contributed by atoms with Gasteiger partial charge in [-0.05, 0) is 39.7 Å². The van der Waals surface area contributed by atoms with Gasteiger partial charge in [0.2, 0.25) is 0 Å². The number of esters is 1. The smallest absolute Gasteiger partial charge is 0.338 e. The van der Waals surface area contributed by atoms with Crippen molar-refractivity contribution in [3.05, 3.63) is 0 Å². The fourth-order valence-corrected chi connectivity index (χ4v) is 2.39. The van der Waals surface area contributed by atoms with Crippen molar-refractivity contribution in [1.29, 1.82) is 0 Å². The molecule has 0 amide bonds. The van der Waals surface area contributed by atoms with E-state index in [4.69, 9.17) is 14.9 Å². The first-order valence-electron chi connectivity index (χ1n) is 6.82. The fourth-order valence-electron chi connectivity index (χ4n) is 2.39. The Labute approximate surface area is 118 Å². The van der Waals surface area contributed by atoms with Crippen molar-refractivity contribution in [1.82, 2.24) is 4.90 Å². The van der Waals surface area contributed by atoms with Crippen molar-refractivity contribution >= 4 is 11.9 Å². The van der Waals surface area contributed by atoms with Crippen molar-refractivity contribution < 1.29 is 29.6 Å². The molecular weight excluding hydrogens is 266 g/mol. The molecule has 0 aliphatic carbocycles. The third-order valence-corrected chi connectivity index (χ3v) is 3.91. The quantitative estimate of drug-likeness (QED) is 0.432. The number of rotatable bonds is 7. The largest absolute Gasteiger partial charge is 0.479 e. The van der Waals surface area contributed by atoms with Crippen LogP contribution in [0.15, 0.2) is 0 Å². The van der Waals surface area contributed by atoms with Gasteiger partial charge >= 0.3 is 11.9 Å². The normalized spacial score (nSPS) is 26.2. The molecule has 0 radical (unpaired) electrons. The van der Waals surface area contributed by atoms with Crippen LogP contribution in [0.25, 0.3) is 0 Å². The first-order valence-corrected chi connectivity index (χ1v) is 6.82. The van der Waals surface area contributed by atoms with Crippen LogP contribution < -0.4 is 0 Å². The van der Waals surface area contributed by atoms with Crippen LogP contribution in [0, 0.1) is 0 Å². The average molecular weight is 289 g/mol. The van der Waals surface area contributed by atoms with Crippen molar-refractivity contribution in [3.63, 3.8) is 0 Å². The number of aliphatic hydroxyl groups is 2. The SMILES string of the molecule is C[C@@H]1CC[C@H](CCCOC(=O)C(O)C(O)C(=O)O)N1C. The zero-order valence-corrected chi connectivity index (χ0v) is 11.9. The second-order valence-corrected chi connectivity index (χ2v) is 5.28. The van der Waals surface area contributed by atoms with Gasteiger partial charge in [0.15, 0.2) is 12.2 Å². The molecule has 1 rings (SSSR count).